The Labute approximate surface area is 146 Å². The molecule has 0 radical (unpaired) electrons. The Morgan fingerprint density at radius 1 is 1.08 bits per heavy atom. The minimum absolute atomic E-state index is 0.138. The van der Waals surface area contributed by atoms with Gasteiger partial charge in [-0.3, -0.25) is 9.80 Å². The molecule has 6 nitrogen and oxygen atoms in total. The van der Waals surface area contributed by atoms with E-state index in [0.717, 1.165) is 61.2 Å². The van der Waals surface area contributed by atoms with Gasteiger partial charge in [0.05, 0.1) is 25.4 Å². The molecule has 0 aliphatic carbocycles. The van der Waals surface area contributed by atoms with Gasteiger partial charge in [0.15, 0.2) is 11.5 Å². The van der Waals surface area contributed by atoms with Crippen LogP contribution in [0.3, 0.4) is 0 Å². The third-order valence-electron chi connectivity index (χ3n) is 5.05. The molecule has 132 valence electrons. The lowest BCUT2D eigenvalue weighted by Gasteiger charge is -2.28. The summed E-state index contributed by atoms with van der Waals surface area (Å²) in [5.74, 6) is 1.50. The third kappa shape index (κ3) is 3.34. The summed E-state index contributed by atoms with van der Waals surface area (Å²) in [6.45, 7) is 6.06. The van der Waals surface area contributed by atoms with Gasteiger partial charge < -0.3 is 19.3 Å². The lowest BCUT2D eigenvalue weighted by molar-refractivity contribution is 0.0837. The maximum absolute atomic E-state index is 10.0. The van der Waals surface area contributed by atoms with Crippen molar-refractivity contribution in [3.63, 3.8) is 0 Å². The van der Waals surface area contributed by atoms with E-state index in [1.54, 1.807) is 0 Å². The average molecular weight is 355 g/mol. The number of hydrogen-bond acceptors (Lipinski definition) is 6. The Balaban J connectivity index is 1.39. The van der Waals surface area contributed by atoms with E-state index in [9.17, 15) is 5.11 Å². The van der Waals surface area contributed by atoms with Crippen molar-refractivity contribution in [3.05, 3.63) is 22.7 Å². The van der Waals surface area contributed by atoms with E-state index in [2.05, 4.69) is 9.80 Å². The molecule has 24 heavy (non-hydrogen) atoms. The summed E-state index contributed by atoms with van der Waals surface area (Å²) in [7, 11) is 0. The van der Waals surface area contributed by atoms with E-state index in [4.69, 9.17) is 25.8 Å². The van der Waals surface area contributed by atoms with Crippen molar-refractivity contribution < 1.29 is 19.3 Å². The van der Waals surface area contributed by atoms with Gasteiger partial charge in [0.2, 0.25) is 6.79 Å². The molecule has 7 heteroatoms. The highest BCUT2D eigenvalue weighted by molar-refractivity contribution is 6.31. The summed E-state index contributed by atoms with van der Waals surface area (Å²) < 4.78 is 16.2. The number of ether oxygens (including phenoxy) is 3. The Bertz CT molecular complexity index is 600. The van der Waals surface area contributed by atoms with Gasteiger partial charge >= 0.3 is 0 Å². The van der Waals surface area contributed by atoms with Gasteiger partial charge in [0.25, 0.3) is 0 Å². The number of benzene rings is 1. The molecule has 1 aromatic rings. The van der Waals surface area contributed by atoms with Gasteiger partial charge in [0, 0.05) is 30.7 Å². The van der Waals surface area contributed by atoms with Crippen LogP contribution in [0.4, 0.5) is 0 Å². The average Bonchev–Trinajstić information content (AvgIpc) is 3.12. The quantitative estimate of drug-likeness (QED) is 0.884. The van der Waals surface area contributed by atoms with Gasteiger partial charge in [-0.05, 0) is 31.1 Å². The van der Waals surface area contributed by atoms with Crippen molar-refractivity contribution in [2.24, 2.45) is 0 Å². The zero-order valence-corrected chi connectivity index (χ0v) is 14.4. The SMILES string of the molecule is O[C@@H]1COC[C@H]1N1CCCN(Cc2cc3c(cc2Cl)OCO3)CC1. The molecule has 0 saturated carbocycles. The number of nitrogens with zero attached hydrogens (tertiary/aromatic N) is 2. The Hall–Kier alpha value is -1.05. The van der Waals surface area contributed by atoms with Gasteiger partial charge in [-0.15, -0.1) is 0 Å². The molecule has 3 aliphatic heterocycles. The minimum Gasteiger partial charge on any atom is -0.454 e. The predicted molar refractivity (Wildman–Crippen MR) is 89.7 cm³/mol. The zero-order valence-electron chi connectivity index (χ0n) is 13.6. The molecule has 2 atom stereocenters. The van der Waals surface area contributed by atoms with E-state index in [1.165, 1.54) is 0 Å². The fourth-order valence-electron chi connectivity index (χ4n) is 3.68. The molecule has 0 unspecified atom stereocenters. The predicted octanol–water partition coefficient (Wildman–Crippen LogP) is 1.34. The maximum atomic E-state index is 10.0. The van der Waals surface area contributed by atoms with Crippen LogP contribution in [0.5, 0.6) is 11.5 Å². The van der Waals surface area contributed by atoms with Crippen LogP contribution >= 0.6 is 11.6 Å². The molecular weight excluding hydrogens is 332 g/mol. The second-order valence-corrected chi connectivity index (χ2v) is 7.04. The third-order valence-corrected chi connectivity index (χ3v) is 5.40. The normalized spacial score (nSPS) is 28.2. The molecule has 1 aromatic carbocycles. The first kappa shape index (κ1) is 16.4. The zero-order chi connectivity index (χ0) is 16.5. The number of fused-ring (bicyclic) bond motifs is 1. The molecule has 3 aliphatic rings. The van der Waals surface area contributed by atoms with E-state index >= 15 is 0 Å². The Morgan fingerprint density at radius 2 is 1.92 bits per heavy atom. The molecule has 0 spiro atoms. The van der Waals surface area contributed by atoms with Crippen LogP contribution < -0.4 is 9.47 Å². The Kier molecular flexibility index (Phi) is 4.83. The molecule has 4 rings (SSSR count). The second kappa shape index (κ2) is 7.06. The van der Waals surface area contributed by atoms with E-state index in [-0.39, 0.29) is 18.9 Å². The van der Waals surface area contributed by atoms with Crippen LogP contribution in [0.1, 0.15) is 12.0 Å². The van der Waals surface area contributed by atoms with Crippen molar-refractivity contribution in [1.29, 1.82) is 0 Å². The van der Waals surface area contributed by atoms with Crippen molar-refractivity contribution in [3.8, 4) is 11.5 Å². The molecule has 0 aromatic heterocycles. The van der Waals surface area contributed by atoms with Gasteiger partial charge in [0.1, 0.15) is 0 Å². The first-order chi connectivity index (χ1) is 11.7. The maximum Gasteiger partial charge on any atom is 0.231 e. The monoisotopic (exact) mass is 354 g/mol. The van der Waals surface area contributed by atoms with Gasteiger partial charge in [-0.1, -0.05) is 11.6 Å². The fourth-order valence-corrected chi connectivity index (χ4v) is 3.90. The highest BCUT2D eigenvalue weighted by atomic mass is 35.5. The highest BCUT2D eigenvalue weighted by Crippen LogP contribution is 2.37. The lowest BCUT2D eigenvalue weighted by Crippen LogP contribution is -2.44. The van der Waals surface area contributed by atoms with E-state index < -0.39 is 0 Å². The number of aliphatic hydroxyl groups is 1. The largest absolute Gasteiger partial charge is 0.454 e. The first-order valence-corrected chi connectivity index (χ1v) is 8.89. The minimum atomic E-state index is -0.361. The second-order valence-electron chi connectivity index (χ2n) is 6.63. The highest BCUT2D eigenvalue weighted by Gasteiger charge is 2.32. The van der Waals surface area contributed by atoms with Gasteiger partial charge in [-0.2, -0.15) is 0 Å². The number of hydrogen-bond donors (Lipinski definition) is 1. The van der Waals surface area contributed by atoms with Crippen molar-refractivity contribution >= 4 is 11.6 Å². The summed E-state index contributed by atoms with van der Waals surface area (Å²) >= 11 is 6.40. The molecule has 1 N–H and O–H groups in total. The molecule has 2 fully saturated rings. The van der Waals surface area contributed by atoms with E-state index in [1.807, 2.05) is 12.1 Å². The molecule has 3 heterocycles. The molecule has 0 bridgehead atoms. The van der Waals surface area contributed by atoms with Crippen molar-refractivity contribution in [2.45, 2.75) is 25.1 Å². The molecule has 2 saturated heterocycles. The summed E-state index contributed by atoms with van der Waals surface area (Å²) in [5.41, 5.74) is 1.07. The topological polar surface area (TPSA) is 54.4 Å². The lowest BCUT2D eigenvalue weighted by atomic mass is 10.1. The summed E-state index contributed by atoms with van der Waals surface area (Å²) in [6, 6.07) is 3.97. The van der Waals surface area contributed by atoms with Crippen LogP contribution in [0.25, 0.3) is 0 Å². The summed E-state index contributed by atoms with van der Waals surface area (Å²) in [4.78, 5) is 4.77. The summed E-state index contributed by atoms with van der Waals surface area (Å²) in [5, 5.41) is 10.8. The smallest absolute Gasteiger partial charge is 0.231 e. The van der Waals surface area contributed by atoms with Crippen LogP contribution in [-0.2, 0) is 11.3 Å². The fraction of sp³-hybridized carbons (Fsp3) is 0.647. The van der Waals surface area contributed by atoms with Crippen LogP contribution in [-0.4, -0.2) is 73.2 Å². The molecule has 0 amide bonds. The first-order valence-electron chi connectivity index (χ1n) is 8.51. The van der Waals surface area contributed by atoms with Gasteiger partial charge in [-0.25, -0.2) is 0 Å². The molecular formula is C17H23ClN2O4. The van der Waals surface area contributed by atoms with Crippen LogP contribution in [0.15, 0.2) is 12.1 Å². The Morgan fingerprint density at radius 3 is 2.71 bits per heavy atom. The van der Waals surface area contributed by atoms with Crippen molar-refractivity contribution in [1.82, 2.24) is 9.80 Å². The standard InChI is InChI=1S/C17H23ClN2O4/c18-13-7-17-16(23-11-24-17)6-12(13)8-19-2-1-3-20(5-4-19)14-9-22-10-15(14)21/h6-7,14-15,21H,1-5,8-11H2/t14-,15-/m1/s1. The summed E-state index contributed by atoms with van der Waals surface area (Å²) in [6.07, 6.45) is 0.714. The van der Waals surface area contributed by atoms with Crippen molar-refractivity contribution in [2.75, 3.05) is 46.2 Å². The number of aliphatic hydroxyl groups excluding tert-OH is 1. The van der Waals surface area contributed by atoms with Crippen LogP contribution in [0.2, 0.25) is 5.02 Å². The van der Waals surface area contributed by atoms with Crippen LogP contribution in [0, 0.1) is 0 Å². The van der Waals surface area contributed by atoms with E-state index in [0.29, 0.717) is 13.2 Å². The number of rotatable bonds is 3. The number of halogens is 1.